The summed E-state index contributed by atoms with van der Waals surface area (Å²) in [5, 5.41) is 13.7. The van der Waals surface area contributed by atoms with Gasteiger partial charge in [0.2, 0.25) is 10.0 Å². The van der Waals surface area contributed by atoms with Crippen LogP contribution in [0.15, 0.2) is 45.7 Å². The average molecular weight is 339 g/mol. The number of rotatable bonds is 8. The highest BCUT2D eigenvalue weighted by atomic mass is 32.2. The predicted octanol–water partition coefficient (Wildman–Crippen LogP) is 1.56. The lowest BCUT2D eigenvalue weighted by atomic mass is 10.3. The Kier molecular flexibility index (Phi) is 5.48. The largest absolute Gasteiger partial charge is 0.465 e. The zero-order valence-electron chi connectivity index (χ0n) is 12.5. The molecule has 0 spiro atoms. The minimum absolute atomic E-state index is 0.131. The number of hydrogen-bond donors (Lipinski definition) is 2. The zero-order valence-corrected chi connectivity index (χ0v) is 13.3. The van der Waals surface area contributed by atoms with E-state index in [-0.39, 0.29) is 17.1 Å². The molecule has 0 unspecified atom stereocenters. The molecule has 23 heavy (non-hydrogen) atoms. The van der Waals surface area contributed by atoms with Gasteiger partial charge in [-0.3, -0.25) is 10.1 Å². The normalized spacial score (nSPS) is 11.5. The van der Waals surface area contributed by atoms with Crippen LogP contribution in [-0.2, 0) is 16.6 Å². The summed E-state index contributed by atoms with van der Waals surface area (Å²) in [7, 11) is -3.78. The lowest BCUT2D eigenvalue weighted by Crippen LogP contribution is -2.31. The maximum Gasteiger partial charge on any atom is 0.270 e. The number of nitrogens with zero attached hydrogens (tertiary/aromatic N) is 1. The topological polar surface area (TPSA) is 114 Å². The number of nitro groups is 1. The van der Waals surface area contributed by atoms with Crippen molar-refractivity contribution < 1.29 is 17.8 Å². The van der Waals surface area contributed by atoms with Gasteiger partial charge in [0.05, 0.1) is 16.4 Å². The molecule has 8 nitrogen and oxygen atoms in total. The van der Waals surface area contributed by atoms with Gasteiger partial charge in [-0.15, -0.1) is 0 Å². The van der Waals surface area contributed by atoms with E-state index < -0.39 is 14.9 Å². The van der Waals surface area contributed by atoms with Crippen molar-refractivity contribution in [3.8, 4) is 0 Å². The molecule has 0 saturated carbocycles. The first-order valence-corrected chi connectivity index (χ1v) is 8.37. The van der Waals surface area contributed by atoms with Crippen LogP contribution in [0.1, 0.15) is 11.5 Å². The van der Waals surface area contributed by atoms with Gasteiger partial charge in [-0.25, -0.2) is 13.1 Å². The van der Waals surface area contributed by atoms with E-state index in [1.54, 1.807) is 0 Å². The Morgan fingerprint density at radius 2 is 2.00 bits per heavy atom. The van der Waals surface area contributed by atoms with Gasteiger partial charge in [0.25, 0.3) is 5.69 Å². The average Bonchev–Trinajstić information content (AvgIpc) is 2.92. The van der Waals surface area contributed by atoms with E-state index in [1.807, 2.05) is 19.1 Å². The quantitative estimate of drug-likeness (QED) is 0.428. The number of nitro benzene ring substituents is 1. The van der Waals surface area contributed by atoms with Crippen molar-refractivity contribution in [2.45, 2.75) is 18.4 Å². The Morgan fingerprint density at radius 1 is 1.22 bits per heavy atom. The van der Waals surface area contributed by atoms with Crippen LogP contribution < -0.4 is 10.0 Å². The Morgan fingerprint density at radius 3 is 2.65 bits per heavy atom. The van der Waals surface area contributed by atoms with Gasteiger partial charge in [-0.05, 0) is 25.1 Å². The lowest BCUT2D eigenvalue weighted by Gasteiger charge is -2.07. The zero-order chi connectivity index (χ0) is 16.9. The second kappa shape index (κ2) is 7.36. The van der Waals surface area contributed by atoms with Crippen LogP contribution in [0.5, 0.6) is 0 Å². The van der Waals surface area contributed by atoms with Crippen molar-refractivity contribution in [2.24, 2.45) is 0 Å². The molecule has 1 heterocycles. The van der Waals surface area contributed by atoms with E-state index in [1.165, 1.54) is 18.2 Å². The number of non-ortho nitro benzene ring substituents is 1. The third-order valence-electron chi connectivity index (χ3n) is 3.03. The van der Waals surface area contributed by atoms with Crippen LogP contribution in [0.4, 0.5) is 5.69 Å². The third-order valence-corrected chi connectivity index (χ3v) is 4.49. The van der Waals surface area contributed by atoms with E-state index in [9.17, 15) is 18.5 Å². The van der Waals surface area contributed by atoms with E-state index in [4.69, 9.17) is 4.42 Å². The molecule has 0 radical (unpaired) electrons. The number of benzene rings is 1. The van der Waals surface area contributed by atoms with Crippen LogP contribution in [-0.4, -0.2) is 26.4 Å². The monoisotopic (exact) mass is 339 g/mol. The fourth-order valence-electron chi connectivity index (χ4n) is 1.91. The number of sulfonamides is 1. The second-order valence-corrected chi connectivity index (χ2v) is 6.61. The molecule has 0 aliphatic carbocycles. The smallest absolute Gasteiger partial charge is 0.270 e. The molecular weight excluding hydrogens is 322 g/mol. The Bertz CT molecular complexity index is 785. The van der Waals surface area contributed by atoms with Gasteiger partial charge in [-0.1, -0.05) is 6.07 Å². The summed E-state index contributed by atoms with van der Waals surface area (Å²) in [6.07, 6.45) is 0. The molecule has 2 rings (SSSR count). The first-order valence-electron chi connectivity index (χ1n) is 6.88. The number of furan rings is 1. The highest BCUT2D eigenvalue weighted by Crippen LogP contribution is 2.16. The SMILES string of the molecule is Cc1ccc(CNCCNS(=O)(=O)c2cccc([N+](=O)[O-])c2)o1. The Labute approximate surface area is 133 Å². The highest BCUT2D eigenvalue weighted by molar-refractivity contribution is 7.89. The fourth-order valence-corrected chi connectivity index (χ4v) is 2.98. The summed E-state index contributed by atoms with van der Waals surface area (Å²) in [6, 6.07) is 8.61. The van der Waals surface area contributed by atoms with E-state index in [0.29, 0.717) is 13.1 Å². The highest BCUT2D eigenvalue weighted by Gasteiger charge is 2.16. The molecule has 0 fully saturated rings. The van der Waals surface area contributed by atoms with Crippen molar-refractivity contribution in [3.63, 3.8) is 0 Å². The Hall–Kier alpha value is -2.23. The molecular formula is C14H17N3O5S. The molecule has 1 aromatic heterocycles. The number of nitrogens with one attached hydrogen (secondary N) is 2. The van der Waals surface area contributed by atoms with Gasteiger partial charge < -0.3 is 9.73 Å². The minimum Gasteiger partial charge on any atom is -0.465 e. The van der Waals surface area contributed by atoms with E-state index >= 15 is 0 Å². The minimum atomic E-state index is -3.78. The third kappa shape index (κ3) is 4.88. The molecule has 0 saturated heterocycles. The van der Waals surface area contributed by atoms with Crippen molar-refractivity contribution in [3.05, 3.63) is 58.0 Å². The molecule has 0 bridgehead atoms. The summed E-state index contributed by atoms with van der Waals surface area (Å²) >= 11 is 0. The molecule has 0 atom stereocenters. The van der Waals surface area contributed by atoms with Crippen LogP contribution in [0.25, 0.3) is 0 Å². The predicted molar refractivity (Wildman–Crippen MR) is 83.4 cm³/mol. The van der Waals surface area contributed by atoms with Crippen LogP contribution in [0, 0.1) is 17.0 Å². The first kappa shape index (κ1) is 17.1. The van der Waals surface area contributed by atoms with Gasteiger partial charge in [0.1, 0.15) is 11.5 Å². The van der Waals surface area contributed by atoms with Crippen LogP contribution in [0.2, 0.25) is 0 Å². The maximum absolute atomic E-state index is 12.1. The van der Waals surface area contributed by atoms with Crippen molar-refractivity contribution in [1.29, 1.82) is 0 Å². The fraction of sp³-hybridized carbons (Fsp3) is 0.286. The van der Waals surface area contributed by atoms with Crippen LogP contribution in [0.3, 0.4) is 0 Å². The molecule has 0 amide bonds. The Balaban J connectivity index is 1.84. The molecule has 2 aromatic rings. The van der Waals surface area contributed by atoms with Gasteiger partial charge in [-0.2, -0.15) is 0 Å². The molecule has 1 aromatic carbocycles. The maximum atomic E-state index is 12.1. The van der Waals surface area contributed by atoms with E-state index in [0.717, 1.165) is 17.6 Å². The standard InChI is InChI=1S/C14H17N3O5S/c1-11-5-6-13(22-11)10-15-7-8-16-23(20,21)14-4-2-3-12(9-14)17(18)19/h2-6,9,15-16H,7-8,10H2,1H3. The van der Waals surface area contributed by atoms with E-state index in [2.05, 4.69) is 10.0 Å². The molecule has 2 N–H and O–H groups in total. The van der Waals surface area contributed by atoms with Crippen molar-refractivity contribution >= 4 is 15.7 Å². The molecule has 9 heteroatoms. The lowest BCUT2D eigenvalue weighted by molar-refractivity contribution is -0.385. The van der Waals surface area contributed by atoms with Gasteiger partial charge in [0.15, 0.2) is 0 Å². The van der Waals surface area contributed by atoms with Crippen molar-refractivity contribution in [2.75, 3.05) is 13.1 Å². The molecule has 0 aliphatic heterocycles. The second-order valence-electron chi connectivity index (χ2n) is 4.84. The summed E-state index contributed by atoms with van der Waals surface area (Å²) in [5.74, 6) is 1.58. The summed E-state index contributed by atoms with van der Waals surface area (Å²) < 4.78 is 31.9. The first-order chi connectivity index (χ1) is 10.9. The summed E-state index contributed by atoms with van der Waals surface area (Å²) in [5.41, 5.74) is -0.265. The van der Waals surface area contributed by atoms with Crippen LogP contribution >= 0.6 is 0 Å². The molecule has 0 aliphatic rings. The number of aryl methyl sites for hydroxylation is 1. The summed E-state index contributed by atoms with van der Waals surface area (Å²) in [6.45, 7) is 2.89. The van der Waals surface area contributed by atoms with Gasteiger partial charge >= 0.3 is 0 Å². The van der Waals surface area contributed by atoms with Gasteiger partial charge in [0, 0.05) is 25.2 Å². The molecule has 124 valence electrons. The van der Waals surface area contributed by atoms with Crippen molar-refractivity contribution in [1.82, 2.24) is 10.0 Å². The summed E-state index contributed by atoms with van der Waals surface area (Å²) in [4.78, 5) is 9.92. The number of hydrogen-bond acceptors (Lipinski definition) is 6.